The third-order valence-corrected chi connectivity index (χ3v) is 3.01. The van der Waals surface area contributed by atoms with Crippen LogP contribution in [0.5, 0.6) is 0 Å². The van der Waals surface area contributed by atoms with E-state index in [2.05, 4.69) is 20.9 Å². The van der Waals surface area contributed by atoms with E-state index in [0.29, 0.717) is 17.3 Å². The monoisotopic (exact) mass is 304 g/mol. The van der Waals surface area contributed by atoms with Gasteiger partial charge in [0, 0.05) is 30.2 Å². The maximum absolute atomic E-state index is 7.26. The summed E-state index contributed by atoms with van der Waals surface area (Å²) in [7, 11) is 1.88. The molecule has 1 rings (SSSR count). The Morgan fingerprint density at radius 1 is 1.75 bits per heavy atom. The van der Waals surface area contributed by atoms with Crippen LogP contribution in [0.15, 0.2) is 16.7 Å². The summed E-state index contributed by atoms with van der Waals surface area (Å²) in [6, 6.07) is 1.88. The normalized spacial score (nSPS) is 12.2. The quantitative estimate of drug-likeness (QED) is 0.664. The molecule has 1 aromatic rings. The summed E-state index contributed by atoms with van der Waals surface area (Å²) in [6.07, 6.45) is 2.18. The van der Waals surface area contributed by atoms with E-state index < -0.39 is 0 Å². The highest BCUT2D eigenvalue weighted by Gasteiger charge is 2.15. The van der Waals surface area contributed by atoms with Crippen molar-refractivity contribution in [2.75, 3.05) is 11.9 Å². The van der Waals surface area contributed by atoms with Crippen molar-refractivity contribution in [2.24, 2.45) is 5.73 Å². The molecule has 1 aromatic heterocycles. The van der Waals surface area contributed by atoms with Crippen LogP contribution < -0.4 is 10.6 Å². The molecule has 1 heterocycles. The number of amidine groups is 1. The van der Waals surface area contributed by atoms with E-state index in [1.54, 1.807) is 12.3 Å². The van der Waals surface area contributed by atoms with Gasteiger partial charge in [0.15, 0.2) is 0 Å². The molecule has 0 saturated carbocycles. The molecule has 6 heteroatoms. The van der Waals surface area contributed by atoms with E-state index >= 15 is 0 Å². The zero-order valence-electron chi connectivity index (χ0n) is 9.17. The van der Waals surface area contributed by atoms with Gasteiger partial charge >= 0.3 is 0 Å². The molecule has 16 heavy (non-hydrogen) atoms. The Labute approximate surface area is 108 Å². The van der Waals surface area contributed by atoms with Gasteiger partial charge in [-0.1, -0.05) is 11.6 Å². The summed E-state index contributed by atoms with van der Waals surface area (Å²) in [4.78, 5) is 6.15. The molecule has 4 nitrogen and oxygen atoms in total. The number of hydrogen-bond acceptors (Lipinski definition) is 3. The first-order valence-electron chi connectivity index (χ1n) is 4.78. The summed E-state index contributed by atoms with van der Waals surface area (Å²) in [6.45, 7) is 1.97. The van der Waals surface area contributed by atoms with E-state index in [9.17, 15) is 0 Å². The van der Waals surface area contributed by atoms with Gasteiger partial charge in [0.2, 0.25) is 0 Å². The van der Waals surface area contributed by atoms with Crippen LogP contribution in [0.2, 0.25) is 5.02 Å². The van der Waals surface area contributed by atoms with Crippen molar-refractivity contribution < 1.29 is 0 Å². The van der Waals surface area contributed by atoms with Crippen molar-refractivity contribution in [1.29, 1.82) is 5.41 Å². The number of nitrogens with two attached hydrogens (primary N) is 1. The van der Waals surface area contributed by atoms with Gasteiger partial charge in [-0.05, 0) is 28.9 Å². The molecule has 3 N–H and O–H groups in total. The average Bonchev–Trinajstić information content (AvgIpc) is 2.15. The standard InChI is InChI=1S/C10H14BrClN4/c1-6(3-9(13)14)16(2)10-8(12)4-7(11)5-15-10/h4-6H,3H2,1-2H3,(H3,13,14). The number of anilines is 1. The van der Waals surface area contributed by atoms with Gasteiger partial charge in [-0.25, -0.2) is 4.98 Å². The number of aromatic nitrogens is 1. The van der Waals surface area contributed by atoms with Crippen molar-refractivity contribution in [3.8, 4) is 0 Å². The fraction of sp³-hybridized carbons (Fsp3) is 0.400. The van der Waals surface area contributed by atoms with Crippen LogP contribution in [-0.2, 0) is 0 Å². The number of rotatable bonds is 4. The van der Waals surface area contributed by atoms with Crippen molar-refractivity contribution in [2.45, 2.75) is 19.4 Å². The summed E-state index contributed by atoms with van der Waals surface area (Å²) in [5, 5.41) is 7.83. The fourth-order valence-corrected chi connectivity index (χ4v) is 2.09. The van der Waals surface area contributed by atoms with Crippen molar-refractivity contribution >= 4 is 39.2 Å². The minimum atomic E-state index is 0.0867. The zero-order chi connectivity index (χ0) is 12.3. The van der Waals surface area contributed by atoms with Crippen LogP contribution >= 0.6 is 27.5 Å². The van der Waals surface area contributed by atoms with Gasteiger partial charge < -0.3 is 10.6 Å². The first kappa shape index (κ1) is 13.3. The first-order valence-corrected chi connectivity index (χ1v) is 5.95. The molecular weight excluding hydrogens is 291 g/mol. The lowest BCUT2D eigenvalue weighted by Gasteiger charge is -2.26. The highest BCUT2D eigenvalue weighted by molar-refractivity contribution is 9.10. The van der Waals surface area contributed by atoms with Crippen molar-refractivity contribution in [1.82, 2.24) is 4.98 Å². The average molecular weight is 306 g/mol. The number of hydrogen-bond donors (Lipinski definition) is 2. The Bertz CT molecular complexity index is 396. The number of pyridine rings is 1. The van der Waals surface area contributed by atoms with E-state index in [1.165, 1.54) is 0 Å². The second kappa shape index (κ2) is 5.50. The number of nitrogens with one attached hydrogen (secondary N) is 1. The maximum atomic E-state index is 7.26. The van der Waals surface area contributed by atoms with Crippen LogP contribution in [0.25, 0.3) is 0 Å². The smallest absolute Gasteiger partial charge is 0.147 e. The van der Waals surface area contributed by atoms with E-state index in [0.717, 1.165) is 4.47 Å². The molecular formula is C10H14BrClN4. The Morgan fingerprint density at radius 3 is 2.88 bits per heavy atom. The van der Waals surface area contributed by atoms with Gasteiger partial charge in [0.05, 0.1) is 10.9 Å². The maximum Gasteiger partial charge on any atom is 0.147 e. The molecule has 1 atom stereocenters. The second-order valence-corrected chi connectivity index (χ2v) is 4.97. The van der Waals surface area contributed by atoms with Gasteiger partial charge in [-0.2, -0.15) is 0 Å². The van der Waals surface area contributed by atoms with Crippen LogP contribution in [0.4, 0.5) is 5.82 Å². The third kappa shape index (κ3) is 3.35. The van der Waals surface area contributed by atoms with Crippen LogP contribution in [-0.4, -0.2) is 23.9 Å². The van der Waals surface area contributed by atoms with E-state index in [4.69, 9.17) is 22.7 Å². The molecule has 0 spiro atoms. The second-order valence-electron chi connectivity index (χ2n) is 3.65. The Kier molecular flexibility index (Phi) is 4.56. The summed E-state index contributed by atoms with van der Waals surface area (Å²) in [5.41, 5.74) is 5.37. The largest absolute Gasteiger partial charge is 0.388 e. The summed E-state index contributed by atoms with van der Waals surface area (Å²) >= 11 is 9.39. The lowest BCUT2D eigenvalue weighted by atomic mass is 10.2. The minimum Gasteiger partial charge on any atom is -0.388 e. The third-order valence-electron chi connectivity index (χ3n) is 2.30. The lowest BCUT2D eigenvalue weighted by molar-refractivity contribution is 0.700. The van der Waals surface area contributed by atoms with E-state index in [-0.39, 0.29) is 11.9 Å². The van der Waals surface area contributed by atoms with Gasteiger partial charge in [-0.15, -0.1) is 0 Å². The number of nitrogens with zero attached hydrogens (tertiary/aromatic N) is 2. The minimum absolute atomic E-state index is 0.0867. The topological polar surface area (TPSA) is 66.0 Å². The molecule has 0 saturated heterocycles. The van der Waals surface area contributed by atoms with Crippen LogP contribution in [0.1, 0.15) is 13.3 Å². The Balaban J connectivity index is 2.87. The SMILES string of the molecule is CC(CC(=N)N)N(C)c1ncc(Br)cc1Cl. The van der Waals surface area contributed by atoms with Gasteiger partial charge in [-0.3, -0.25) is 5.41 Å². The molecule has 0 aliphatic carbocycles. The molecule has 0 amide bonds. The van der Waals surface area contributed by atoms with E-state index in [1.807, 2.05) is 18.9 Å². The van der Waals surface area contributed by atoms with Gasteiger partial charge in [0.25, 0.3) is 0 Å². The molecule has 0 bridgehead atoms. The molecule has 0 aromatic carbocycles. The molecule has 0 aliphatic rings. The Morgan fingerprint density at radius 2 is 2.38 bits per heavy atom. The lowest BCUT2D eigenvalue weighted by Crippen LogP contribution is -2.33. The summed E-state index contributed by atoms with van der Waals surface area (Å²) < 4.78 is 0.842. The zero-order valence-corrected chi connectivity index (χ0v) is 11.5. The van der Waals surface area contributed by atoms with Crippen LogP contribution in [0, 0.1) is 5.41 Å². The predicted molar refractivity (Wildman–Crippen MR) is 71.3 cm³/mol. The molecule has 1 unspecified atom stereocenters. The van der Waals surface area contributed by atoms with Gasteiger partial charge in [0.1, 0.15) is 5.82 Å². The van der Waals surface area contributed by atoms with Crippen molar-refractivity contribution in [3.63, 3.8) is 0 Å². The summed E-state index contributed by atoms with van der Waals surface area (Å²) in [5.74, 6) is 0.853. The molecule has 0 radical (unpaired) electrons. The predicted octanol–water partition coefficient (Wildman–Crippen LogP) is 2.65. The number of halogens is 2. The first-order chi connectivity index (χ1) is 7.41. The highest BCUT2D eigenvalue weighted by atomic mass is 79.9. The Hall–Kier alpha value is -0.810. The molecule has 88 valence electrons. The van der Waals surface area contributed by atoms with Crippen molar-refractivity contribution in [3.05, 3.63) is 21.8 Å². The highest BCUT2D eigenvalue weighted by Crippen LogP contribution is 2.26. The molecule has 0 fully saturated rings. The fourth-order valence-electron chi connectivity index (χ4n) is 1.33. The molecule has 0 aliphatic heterocycles. The van der Waals surface area contributed by atoms with Crippen LogP contribution in [0.3, 0.4) is 0 Å².